The lowest BCUT2D eigenvalue weighted by Gasteiger charge is -2.32. The van der Waals surface area contributed by atoms with Gasteiger partial charge in [0.25, 0.3) is 0 Å². The highest BCUT2D eigenvalue weighted by molar-refractivity contribution is 5.45. The van der Waals surface area contributed by atoms with Crippen molar-refractivity contribution in [2.75, 3.05) is 18.5 Å². The first-order valence-corrected chi connectivity index (χ1v) is 7.28. The highest BCUT2D eigenvalue weighted by Gasteiger charge is 2.21. The van der Waals surface area contributed by atoms with E-state index in [1.165, 1.54) is 16.8 Å². The van der Waals surface area contributed by atoms with Crippen molar-refractivity contribution in [1.29, 1.82) is 0 Å². The largest absolute Gasteiger partial charge is 0.374 e. The summed E-state index contributed by atoms with van der Waals surface area (Å²) in [5.41, 5.74) is 4.28. The van der Waals surface area contributed by atoms with Crippen molar-refractivity contribution in [2.45, 2.75) is 27.2 Å². The zero-order valence-electron chi connectivity index (χ0n) is 13.1. The van der Waals surface area contributed by atoms with Crippen LogP contribution in [-0.2, 0) is 6.42 Å². The molecule has 0 aliphatic heterocycles. The van der Waals surface area contributed by atoms with Crippen LogP contribution >= 0.6 is 0 Å². The van der Waals surface area contributed by atoms with Crippen LogP contribution < -0.4 is 4.90 Å². The van der Waals surface area contributed by atoms with Crippen molar-refractivity contribution in [2.24, 2.45) is 5.41 Å². The van der Waals surface area contributed by atoms with Gasteiger partial charge in [-0.15, -0.1) is 0 Å². The van der Waals surface area contributed by atoms with Gasteiger partial charge in [-0.05, 0) is 36.5 Å². The number of aryl methyl sites for hydroxylation is 1. The first-order valence-electron chi connectivity index (χ1n) is 7.28. The lowest BCUT2D eigenvalue weighted by Crippen LogP contribution is -2.32. The van der Waals surface area contributed by atoms with E-state index in [9.17, 15) is 0 Å². The minimum Gasteiger partial charge on any atom is -0.374 e. The van der Waals surface area contributed by atoms with E-state index in [1.54, 1.807) is 0 Å². The maximum Gasteiger partial charge on any atom is 0.0363 e. The van der Waals surface area contributed by atoms with E-state index in [2.05, 4.69) is 87.3 Å². The summed E-state index contributed by atoms with van der Waals surface area (Å²) in [6.07, 6.45) is 1.10. The zero-order chi connectivity index (χ0) is 14.6. The minimum absolute atomic E-state index is 0.250. The molecule has 0 saturated heterocycles. The molecule has 0 amide bonds. The van der Waals surface area contributed by atoms with Gasteiger partial charge in [-0.1, -0.05) is 61.9 Å². The molecule has 0 saturated carbocycles. The molecule has 0 aliphatic rings. The van der Waals surface area contributed by atoms with Crippen molar-refractivity contribution in [3.63, 3.8) is 0 Å². The van der Waals surface area contributed by atoms with Crippen LogP contribution in [0.2, 0.25) is 0 Å². The quantitative estimate of drug-likeness (QED) is 0.759. The molecule has 0 aromatic heterocycles. The van der Waals surface area contributed by atoms with Crippen LogP contribution in [0.3, 0.4) is 0 Å². The van der Waals surface area contributed by atoms with E-state index in [0.717, 1.165) is 13.0 Å². The second kappa shape index (κ2) is 6.13. The molecule has 106 valence electrons. The number of hydrogen-bond acceptors (Lipinski definition) is 1. The molecular weight excluding hydrogens is 242 g/mol. The van der Waals surface area contributed by atoms with Crippen LogP contribution in [0.1, 0.15) is 25.0 Å². The first kappa shape index (κ1) is 14.6. The highest BCUT2D eigenvalue weighted by atomic mass is 15.1. The number of hydrogen-bond donors (Lipinski definition) is 0. The standard InChI is InChI=1S/C19H25N/c1-16-10-12-17(13-11-16)14-19(2,3)15-20(4)18-8-6-5-7-9-18/h5-13H,14-15H2,1-4H3. The van der Waals surface area contributed by atoms with E-state index >= 15 is 0 Å². The first-order chi connectivity index (χ1) is 9.46. The Labute approximate surface area is 123 Å². The summed E-state index contributed by atoms with van der Waals surface area (Å²) in [6.45, 7) is 7.86. The predicted molar refractivity (Wildman–Crippen MR) is 88.4 cm³/mol. The van der Waals surface area contributed by atoms with Gasteiger partial charge in [0, 0.05) is 19.3 Å². The molecule has 1 nitrogen and oxygen atoms in total. The van der Waals surface area contributed by atoms with Crippen molar-refractivity contribution in [1.82, 2.24) is 0 Å². The average Bonchev–Trinajstić information content (AvgIpc) is 2.41. The third kappa shape index (κ3) is 4.12. The fourth-order valence-corrected chi connectivity index (χ4v) is 2.73. The SMILES string of the molecule is Cc1ccc(CC(C)(C)CN(C)c2ccccc2)cc1. The Morgan fingerprint density at radius 1 is 0.900 bits per heavy atom. The van der Waals surface area contributed by atoms with Crippen molar-refractivity contribution in [3.05, 3.63) is 65.7 Å². The number of para-hydroxylation sites is 1. The Morgan fingerprint density at radius 2 is 1.50 bits per heavy atom. The fraction of sp³-hybridized carbons (Fsp3) is 0.368. The van der Waals surface area contributed by atoms with Crippen molar-refractivity contribution >= 4 is 5.69 Å². The molecule has 1 heteroatoms. The Balaban J connectivity index is 2.01. The molecule has 2 rings (SSSR count). The molecule has 0 radical (unpaired) electrons. The van der Waals surface area contributed by atoms with Crippen LogP contribution in [-0.4, -0.2) is 13.6 Å². The molecule has 0 unspecified atom stereocenters. The van der Waals surface area contributed by atoms with E-state index in [4.69, 9.17) is 0 Å². The van der Waals surface area contributed by atoms with Gasteiger partial charge < -0.3 is 4.90 Å². The molecule has 20 heavy (non-hydrogen) atoms. The van der Waals surface area contributed by atoms with Gasteiger partial charge in [-0.3, -0.25) is 0 Å². The van der Waals surface area contributed by atoms with E-state index in [1.807, 2.05) is 0 Å². The lowest BCUT2D eigenvalue weighted by molar-refractivity contribution is 0.369. The van der Waals surface area contributed by atoms with Gasteiger partial charge in [0.2, 0.25) is 0 Å². The van der Waals surface area contributed by atoms with E-state index in [0.29, 0.717) is 0 Å². The Bertz CT molecular complexity index is 525. The molecule has 0 spiro atoms. The van der Waals surface area contributed by atoms with Crippen molar-refractivity contribution in [3.8, 4) is 0 Å². The van der Waals surface area contributed by atoms with Gasteiger partial charge in [0.05, 0.1) is 0 Å². The Kier molecular flexibility index (Phi) is 4.49. The number of benzene rings is 2. The third-order valence-electron chi connectivity index (χ3n) is 3.67. The van der Waals surface area contributed by atoms with Gasteiger partial charge in [-0.2, -0.15) is 0 Å². The monoisotopic (exact) mass is 267 g/mol. The molecule has 0 heterocycles. The average molecular weight is 267 g/mol. The van der Waals surface area contributed by atoms with Crippen LogP contribution in [0.15, 0.2) is 54.6 Å². The summed E-state index contributed by atoms with van der Waals surface area (Å²) >= 11 is 0. The summed E-state index contributed by atoms with van der Waals surface area (Å²) in [5.74, 6) is 0. The van der Waals surface area contributed by atoms with Crippen LogP contribution in [0.5, 0.6) is 0 Å². The van der Waals surface area contributed by atoms with E-state index < -0.39 is 0 Å². The van der Waals surface area contributed by atoms with Crippen LogP contribution in [0.25, 0.3) is 0 Å². The summed E-state index contributed by atoms with van der Waals surface area (Å²) in [6, 6.07) is 19.5. The molecule has 0 N–H and O–H groups in total. The summed E-state index contributed by atoms with van der Waals surface area (Å²) in [7, 11) is 2.17. The molecule has 0 bridgehead atoms. The van der Waals surface area contributed by atoms with Crippen LogP contribution in [0.4, 0.5) is 5.69 Å². The predicted octanol–water partition coefficient (Wildman–Crippen LogP) is 4.70. The number of rotatable bonds is 5. The number of anilines is 1. The second-order valence-electron chi connectivity index (χ2n) is 6.52. The molecule has 0 atom stereocenters. The topological polar surface area (TPSA) is 3.24 Å². The minimum atomic E-state index is 0.250. The van der Waals surface area contributed by atoms with E-state index in [-0.39, 0.29) is 5.41 Å². The summed E-state index contributed by atoms with van der Waals surface area (Å²) in [4.78, 5) is 2.34. The highest BCUT2D eigenvalue weighted by Crippen LogP contribution is 2.25. The summed E-state index contributed by atoms with van der Waals surface area (Å²) < 4.78 is 0. The molecular formula is C19H25N. The number of nitrogens with zero attached hydrogens (tertiary/aromatic N) is 1. The van der Waals surface area contributed by atoms with Crippen molar-refractivity contribution < 1.29 is 0 Å². The van der Waals surface area contributed by atoms with Gasteiger partial charge in [-0.25, -0.2) is 0 Å². The Morgan fingerprint density at radius 3 is 2.10 bits per heavy atom. The van der Waals surface area contributed by atoms with Gasteiger partial charge >= 0.3 is 0 Å². The molecule has 0 aliphatic carbocycles. The third-order valence-corrected chi connectivity index (χ3v) is 3.67. The molecule has 2 aromatic rings. The van der Waals surface area contributed by atoms with Gasteiger partial charge in [0.15, 0.2) is 0 Å². The normalized spacial score (nSPS) is 11.4. The van der Waals surface area contributed by atoms with Crippen LogP contribution in [0, 0.1) is 12.3 Å². The second-order valence-corrected chi connectivity index (χ2v) is 6.52. The van der Waals surface area contributed by atoms with Gasteiger partial charge in [0.1, 0.15) is 0 Å². The molecule has 0 fully saturated rings. The lowest BCUT2D eigenvalue weighted by atomic mass is 9.85. The maximum absolute atomic E-state index is 2.34. The Hall–Kier alpha value is -1.76. The smallest absolute Gasteiger partial charge is 0.0363 e. The molecule has 2 aromatic carbocycles. The summed E-state index contributed by atoms with van der Waals surface area (Å²) in [5, 5.41) is 0. The fourth-order valence-electron chi connectivity index (χ4n) is 2.73. The zero-order valence-corrected chi connectivity index (χ0v) is 13.1. The maximum atomic E-state index is 2.34.